The average Bonchev–Trinajstić information content (AvgIpc) is 2.65. The van der Waals surface area contributed by atoms with Crippen molar-refractivity contribution in [2.45, 2.75) is 31.8 Å². The number of carboxylic acids is 1. The molecule has 1 aliphatic rings. The van der Waals surface area contributed by atoms with Gasteiger partial charge in [0.25, 0.3) is 0 Å². The molecule has 1 aromatic heterocycles. The Kier molecular flexibility index (Phi) is 3.03. The van der Waals surface area contributed by atoms with Gasteiger partial charge in [-0.3, -0.25) is 0 Å². The molecule has 0 saturated heterocycles. The molecule has 0 amide bonds. The van der Waals surface area contributed by atoms with E-state index in [4.69, 9.17) is 0 Å². The highest BCUT2D eigenvalue weighted by molar-refractivity contribution is 6.04. The van der Waals surface area contributed by atoms with E-state index in [1.165, 1.54) is 19.3 Å². The van der Waals surface area contributed by atoms with Crippen molar-refractivity contribution in [1.29, 1.82) is 0 Å². The first-order valence-corrected chi connectivity index (χ1v) is 6.70. The Morgan fingerprint density at radius 1 is 1.47 bits per heavy atom. The van der Waals surface area contributed by atoms with Crippen LogP contribution in [0.15, 0.2) is 24.4 Å². The second-order valence-electron chi connectivity index (χ2n) is 5.28. The van der Waals surface area contributed by atoms with Gasteiger partial charge >= 0.3 is 5.97 Å². The summed E-state index contributed by atoms with van der Waals surface area (Å²) < 4.78 is 2.00. The van der Waals surface area contributed by atoms with Crippen LogP contribution in [0.2, 0.25) is 0 Å². The smallest absolute Gasteiger partial charge is 0.336 e. The Balaban J connectivity index is 2.00. The number of rotatable bonds is 4. The summed E-state index contributed by atoms with van der Waals surface area (Å²) in [4.78, 5) is 11.4. The number of aromatic carboxylic acids is 1. The fourth-order valence-corrected chi connectivity index (χ4v) is 2.72. The summed E-state index contributed by atoms with van der Waals surface area (Å²) in [5, 5.41) is 13.7. The molecule has 2 N–H and O–H groups in total. The zero-order valence-electron chi connectivity index (χ0n) is 11.0. The molecule has 1 aromatic carbocycles. The van der Waals surface area contributed by atoms with Crippen molar-refractivity contribution >= 4 is 16.9 Å². The summed E-state index contributed by atoms with van der Waals surface area (Å²) in [6.45, 7) is 0.742. The highest BCUT2D eigenvalue weighted by Gasteiger charge is 2.19. The Morgan fingerprint density at radius 3 is 2.89 bits per heavy atom. The Morgan fingerprint density at radius 2 is 2.26 bits per heavy atom. The summed E-state index contributed by atoms with van der Waals surface area (Å²) >= 11 is 0. The van der Waals surface area contributed by atoms with Crippen molar-refractivity contribution in [1.82, 2.24) is 9.88 Å². The quantitative estimate of drug-likeness (QED) is 0.886. The fourth-order valence-electron chi connectivity index (χ4n) is 2.72. The summed E-state index contributed by atoms with van der Waals surface area (Å²) in [5.74, 6) is -0.860. The second-order valence-corrected chi connectivity index (χ2v) is 5.28. The molecule has 0 radical (unpaired) electrons. The van der Waals surface area contributed by atoms with Gasteiger partial charge in [-0.25, -0.2) is 4.79 Å². The van der Waals surface area contributed by atoms with Gasteiger partial charge in [-0.2, -0.15) is 0 Å². The van der Waals surface area contributed by atoms with E-state index in [0.29, 0.717) is 11.6 Å². The number of nitrogens with one attached hydrogen (secondary N) is 1. The molecule has 1 saturated carbocycles. The molecule has 1 fully saturated rings. The second kappa shape index (κ2) is 4.70. The van der Waals surface area contributed by atoms with Crippen LogP contribution in [-0.2, 0) is 13.6 Å². The fraction of sp³-hybridized carbons (Fsp3) is 0.400. The number of hydrogen-bond donors (Lipinski definition) is 2. The Bertz CT molecular complexity index is 626. The lowest BCUT2D eigenvalue weighted by atomic mass is 9.93. The van der Waals surface area contributed by atoms with Gasteiger partial charge in [-0.15, -0.1) is 0 Å². The molecule has 0 spiro atoms. The number of hydrogen-bond acceptors (Lipinski definition) is 2. The van der Waals surface area contributed by atoms with E-state index in [1.54, 1.807) is 12.1 Å². The summed E-state index contributed by atoms with van der Waals surface area (Å²) in [7, 11) is 1.96. The minimum absolute atomic E-state index is 0.392. The van der Waals surface area contributed by atoms with Crippen LogP contribution in [0.5, 0.6) is 0 Å². The normalized spacial score (nSPS) is 15.6. The van der Waals surface area contributed by atoms with Gasteiger partial charge in [-0.1, -0.05) is 12.5 Å². The Labute approximate surface area is 112 Å². The number of carbonyl (C=O) groups is 1. The van der Waals surface area contributed by atoms with Gasteiger partial charge in [0.05, 0.1) is 5.56 Å². The van der Waals surface area contributed by atoms with Crippen molar-refractivity contribution in [3.05, 3.63) is 35.5 Å². The largest absolute Gasteiger partial charge is 0.478 e. The predicted octanol–water partition coefficient (Wildman–Crippen LogP) is 2.52. The van der Waals surface area contributed by atoms with E-state index in [9.17, 15) is 9.90 Å². The van der Waals surface area contributed by atoms with Gasteiger partial charge in [0.1, 0.15) is 0 Å². The topological polar surface area (TPSA) is 54.3 Å². The molecule has 0 bridgehead atoms. The van der Waals surface area contributed by atoms with E-state index in [1.807, 2.05) is 23.9 Å². The summed E-state index contributed by atoms with van der Waals surface area (Å²) in [5.41, 5.74) is 2.44. The maximum Gasteiger partial charge on any atom is 0.336 e. The molecule has 1 aliphatic carbocycles. The average molecular weight is 258 g/mol. The van der Waals surface area contributed by atoms with Gasteiger partial charge in [0.15, 0.2) is 0 Å². The van der Waals surface area contributed by atoms with E-state index < -0.39 is 5.97 Å². The molecule has 4 heteroatoms. The van der Waals surface area contributed by atoms with Crippen LogP contribution < -0.4 is 5.32 Å². The number of aryl methyl sites for hydroxylation is 1. The molecule has 100 valence electrons. The maximum absolute atomic E-state index is 11.4. The lowest BCUT2D eigenvalue weighted by Gasteiger charge is -2.26. The zero-order valence-corrected chi connectivity index (χ0v) is 11.0. The lowest BCUT2D eigenvalue weighted by molar-refractivity contribution is 0.0699. The van der Waals surface area contributed by atoms with Crippen LogP contribution >= 0.6 is 0 Å². The van der Waals surface area contributed by atoms with Crippen molar-refractivity contribution in [3.8, 4) is 0 Å². The first-order valence-electron chi connectivity index (χ1n) is 6.70. The summed E-state index contributed by atoms with van der Waals surface area (Å²) in [6, 6.07) is 6.05. The van der Waals surface area contributed by atoms with Crippen molar-refractivity contribution < 1.29 is 9.90 Å². The number of fused-ring (bicyclic) bond motifs is 1. The van der Waals surface area contributed by atoms with Crippen molar-refractivity contribution in [2.24, 2.45) is 7.05 Å². The number of aromatic nitrogens is 1. The number of nitrogens with zero attached hydrogens (tertiary/aromatic N) is 1. The third-order valence-electron chi connectivity index (χ3n) is 4.01. The monoisotopic (exact) mass is 258 g/mol. The van der Waals surface area contributed by atoms with E-state index >= 15 is 0 Å². The number of carboxylic acid groups (broad SMARTS) is 1. The van der Waals surface area contributed by atoms with Gasteiger partial charge in [0.2, 0.25) is 0 Å². The number of benzene rings is 1. The highest BCUT2D eigenvalue weighted by Crippen LogP contribution is 2.26. The predicted molar refractivity (Wildman–Crippen MR) is 74.4 cm³/mol. The molecule has 1 heterocycles. The van der Waals surface area contributed by atoms with Crippen LogP contribution in [0.3, 0.4) is 0 Å². The molecule has 2 aromatic rings. The van der Waals surface area contributed by atoms with Crippen LogP contribution in [0, 0.1) is 0 Å². The highest BCUT2D eigenvalue weighted by atomic mass is 16.4. The van der Waals surface area contributed by atoms with Gasteiger partial charge < -0.3 is 15.0 Å². The lowest BCUT2D eigenvalue weighted by Crippen LogP contribution is -2.34. The molecule has 0 aliphatic heterocycles. The van der Waals surface area contributed by atoms with Gasteiger partial charge in [0, 0.05) is 36.7 Å². The van der Waals surface area contributed by atoms with Gasteiger partial charge in [-0.05, 0) is 30.5 Å². The van der Waals surface area contributed by atoms with Crippen molar-refractivity contribution in [2.75, 3.05) is 0 Å². The minimum atomic E-state index is -0.860. The molecule has 19 heavy (non-hydrogen) atoms. The first kappa shape index (κ1) is 12.2. The molecular weight excluding hydrogens is 240 g/mol. The van der Waals surface area contributed by atoms with E-state index in [0.717, 1.165) is 23.0 Å². The van der Waals surface area contributed by atoms with Crippen LogP contribution in [0.25, 0.3) is 10.9 Å². The van der Waals surface area contributed by atoms with Crippen LogP contribution in [0.1, 0.15) is 35.2 Å². The summed E-state index contributed by atoms with van der Waals surface area (Å²) in [6.07, 6.45) is 5.80. The zero-order chi connectivity index (χ0) is 13.4. The van der Waals surface area contributed by atoms with Crippen LogP contribution in [0.4, 0.5) is 0 Å². The third-order valence-corrected chi connectivity index (χ3v) is 4.01. The third kappa shape index (κ3) is 2.12. The molecule has 0 unspecified atom stereocenters. The molecule has 4 nitrogen and oxygen atoms in total. The molecular formula is C15H18N2O2. The Hall–Kier alpha value is -1.81. The molecule has 0 atom stereocenters. The van der Waals surface area contributed by atoms with Crippen LogP contribution in [-0.4, -0.2) is 21.7 Å². The maximum atomic E-state index is 11.4. The SMILES string of the molecule is Cn1cc(CNC2CCC2)c2c(C(=O)O)cccc21. The van der Waals surface area contributed by atoms with E-state index in [2.05, 4.69) is 5.32 Å². The van der Waals surface area contributed by atoms with Crippen molar-refractivity contribution in [3.63, 3.8) is 0 Å². The standard InChI is InChI=1S/C15H18N2O2/c1-17-9-10(8-16-11-4-2-5-11)14-12(15(18)19)6-3-7-13(14)17/h3,6-7,9,11,16H,2,4-5,8H2,1H3,(H,18,19). The molecule has 3 rings (SSSR count). The first-order chi connectivity index (χ1) is 9.16. The minimum Gasteiger partial charge on any atom is -0.478 e. The van der Waals surface area contributed by atoms with E-state index in [-0.39, 0.29) is 0 Å².